The monoisotopic (exact) mass is 267 g/mol. The second kappa shape index (κ2) is 4.67. The number of rotatable bonds is 4. The van der Waals surface area contributed by atoms with Crippen molar-refractivity contribution in [3.63, 3.8) is 0 Å². The van der Waals surface area contributed by atoms with Crippen molar-refractivity contribution in [1.29, 1.82) is 0 Å². The van der Waals surface area contributed by atoms with E-state index in [1.165, 1.54) is 5.56 Å². The summed E-state index contributed by atoms with van der Waals surface area (Å²) in [7, 11) is -3.12. The molecule has 0 radical (unpaired) electrons. The first-order valence-corrected chi connectivity index (χ1v) is 7.82. The Morgan fingerprint density at radius 1 is 1.22 bits per heavy atom. The summed E-state index contributed by atoms with van der Waals surface area (Å²) in [5, 5.41) is 0. The Bertz CT molecular complexity index is 502. The lowest BCUT2D eigenvalue weighted by molar-refractivity contribution is 0.512. The summed E-state index contributed by atoms with van der Waals surface area (Å²) in [5.74, 6) is 0. The molecule has 2 atom stereocenters. The van der Waals surface area contributed by atoms with Crippen LogP contribution < -0.4 is 0 Å². The second-order valence-corrected chi connectivity index (χ2v) is 8.51. The molecule has 1 fully saturated rings. The number of benzene rings is 1. The van der Waals surface area contributed by atoms with Crippen LogP contribution in [-0.2, 0) is 16.4 Å². The van der Waals surface area contributed by atoms with Crippen molar-refractivity contribution < 1.29 is 8.42 Å². The predicted molar refractivity (Wildman–Crippen MR) is 73.9 cm³/mol. The van der Waals surface area contributed by atoms with E-state index in [0.29, 0.717) is 6.54 Å². The zero-order valence-corrected chi connectivity index (χ0v) is 12.1. The van der Waals surface area contributed by atoms with Crippen molar-refractivity contribution in [2.75, 3.05) is 6.54 Å². The van der Waals surface area contributed by atoms with E-state index in [0.717, 1.165) is 12.8 Å². The Hall–Kier alpha value is -0.870. The van der Waals surface area contributed by atoms with Crippen LogP contribution in [0, 0.1) is 0 Å². The molecule has 0 aromatic heterocycles. The smallest absolute Gasteiger partial charge is 0.212 e. The number of sulfonamides is 1. The molecule has 2 rings (SSSR count). The number of aryl methyl sites for hydroxylation is 1. The molecule has 1 aromatic rings. The molecule has 1 aromatic carbocycles. The summed E-state index contributed by atoms with van der Waals surface area (Å²) in [6.45, 7) is 5.96. The summed E-state index contributed by atoms with van der Waals surface area (Å²) < 4.78 is 25.3. The summed E-state index contributed by atoms with van der Waals surface area (Å²) in [6.07, 6.45) is 1.86. The molecule has 1 saturated heterocycles. The van der Waals surface area contributed by atoms with Gasteiger partial charge in [-0.1, -0.05) is 30.3 Å². The Morgan fingerprint density at radius 3 is 2.39 bits per heavy atom. The molecule has 0 amide bonds. The van der Waals surface area contributed by atoms with Gasteiger partial charge in [-0.15, -0.1) is 0 Å². The third-order valence-electron chi connectivity index (χ3n) is 3.36. The average Bonchev–Trinajstić information content (AvgIpc) is 3.06. The first kappa shape index (κ1) is 13.6. The van der Waals surface area contributed by atoms with Gasteiger partial charge >= 0.3 is 0 Å². The lowest BCUT2D eigenvalue weighted by Crippen LogP contribution is -2.34. The minimum atomic E-state index is -3.12. The first-order chi connectivity index (χ1) is 8.32. The van der Waals surface area contributed by atoms with Crippen molar-refractivity contribution in [2.45, 2.75) is 44.4 Å². The van der Waals surface area contributed by atoms with Gasteiger partial charge in [0.05, 0.1) is 4.75 Å². The van der Waals surface area contributed by atoms with Gasteiger partial charge in [0.1, 0.15) is 0 Å². The fraction of sp³-hybridized carbons (Fsp3) is 0.571. The van der Waals surface area contributed by atoms with Crippen molar-refractivity contribution in [2.24, 2.45) is 0 Å². The molecule has 0 N–H and O–H groups in total. The molecule has 0 bridgehead atoms. The second-order valence-electron chi connectivity index (χ2n) is 5.87. The molecular weight excluding hydrogens is 246 g/mol. The zero-order valence-electron chi connectivity index (χ0n) is 11.3. The van der Waals surface area contributed by atoms with Crippen LogP contribution in [0.2, 0.25) is 0 Å². The minimum Gasteiger partial charge on any atom is -0.212 e. The predicted octanol–water partition coefficient (Wildman–Crippen LogP) is 2.43. The van der Waals surface area contributed by atoms with Crippen molar-refractivity contribution in [3.05, 3.63) is 35.9 Å². The van der Waals surface area contributed by atoms with Gasteiger partial charge in [0.15, 0.2) is 0 Å². The van der Waals surface area contributed by atoms with Gasteiger partial charge in [-0.2, -0.15) is 4.31 Å². The van der Waals surface area contributed by atoms with Gasteiger partial charge in [0, 0.05) is 12.6 Å². The largest absolute Gasteiger partial charge is 0.219 e. The van der Waals surface area contributed by atoms with Crippen LogP contribution in [0.3, 0.4) is 0 Å². The third-order valence-corrected chi connectivity index (χ3v) is 5.97. The van der Waals surface area contributed by atoms with Crippen molar-refractivity contribution in [3.8, 4) is 0 Å². The van der Waals surface area contributed by atoms with Crippen molar-refractivity contribution >= 4 is 10.0 Å². The zero-order chi connectivity index (χ0) is 13.4. The molecule has 18 heavy (non-hydrogen) atoms. The lowest BCUT2D eigenvalue weighted by Gasteiger charge is -2.20. The highest BCUT2D eigenvalue weighted by Gasteiger charge is 2.48. The summed E-state index contributed by atoms with van der Waals surface area (Å²) in [6, 6.07) is 10.4. The molecule has 1 heterocycles. The SMILES string of the molecule is CC(C)(C)S(=O)(=O)N1CC1CCc1ccccc1. The Labute approximate surface area is 110 Å². The molecule has 1 aliphatic rings. The lowest BCUT2D eigenvalue weighted by atomic mass is 10.1. The number of nitrogens with zero attached hydrogens (tertiary/aromatic N) is 1. The van der Waals surface area contributed by atoms with E-state index < -0.39 is 14.8 Å². The van der Waals surface area contributed by atoms with Gasteiger partial charge in [0.25, 0.3) is 0 Å². The van der Waals surface area contributed by atoms with E-state index in [4.69, 9.17) is 0 Å². The van der Waals surface area contributed by atoms with Crippen LogP contribution in [-0.4, -0.2) is 30.1 Å². The van der Waals surface area contributed by atoms with Crippen molar-refractivity contribution in [1.82, 2.24) is 4.31 Å². The van der Waals surface area contributed by atoms with Gasteiger partial charge in [-0.25, -0.2) is 8.42 Å². The third kappa shape index (κ3) is 2.75. The normalized spacial score (nSPS) is 23.9. The van der Waals surface area contributed by atoms with Gasteiger partial charge in [-0.05, 0) is 39.2 Å². The molecule has 100 valence electrons. The van der Waals surface area contributed by atoms with Crippen LogP contribution in [0.1, 0.15) is 32.8 Å². The van der Waals surface area contributed by atoms with Crippen LogP contribution in [0.4, 0.5) is 0 Å². The van der Waals surface area contributed by atoms with E-state index in [1.807, 2.05) is 18.2 Å². The Balaban J connectivity index is 1.90. The van der Waals surface area contributed by atoms with Crippen LogP contribution in [0.25, 0.3) is 0 Å². The fourth-order valence-corrected chi connectivity index (χ4v) is 3.59. The maximum Gasteiger partial charge on any atom is 0.219 e. The van der Waals surface area contributed by atoms with E-state index in [2.05, 4.69) is 12.1 Å². The fourth-order valence-electron chi connectivity index (χ4n) is 2.02. The maximum absolute atomic E-state index is 12.2. The number of hydrogen-bond donors (Lipinski definition) is 0. The summed E-state index contributed by atoms with van der Waals surface area (Å²) >= 11 is 0. The van der Waals surface area contributed by atoms with Gasteiger partial charge in [0.2, 0.25) is 10.0 Å². The molecule has 0 spiro atoms. The topological polar surface area (TPSA) is 37.1 Å². The Morgan fingerprint density at radius 2 is 1.83 bits per heavy atom. The molecule has 0 saturated carbocycles. The maximum atomic E-state index is 12.2. The van der Waals surface area contributed by atoms with Gasteiger partial charge in [-0.3, -0.25) is 0 Å². The summed E-state index contributed by atoms with van der Waals surface area (Å²) in [5.41, 5.74) is 1.28. The highest BCUT2D eigenvalue weighted by Crippen LogP contribution is 2.33. The average molecular weight is 267 g/mol. The molecule has 4 heteroatoms. The molecule has 3 nitrogen and oxygen atoms in total. The number of hydrogen-bond acceptors (Lipinski definition) is 2. The standard InChI is InChI=1S/C14H21NO2S/c1-14(2,3)18(16,17)15-11-13(15)10-9-12-7-5-4-6-8-12/h4-8,13H,9-11H2,1-3H3. The van der Waals surface area contributed by atoms with Crippen LogP contribution >= 0.6 is 0 Å². The summed E-state index contributed by atoms with van der Waals surface area (Å²) in [4.78, 5) is 0. The quantitative estimate of drug-likeness (QED) is 0.786. The highest BCUT2D eigenvalue weighted by atomic mass is 32.2. The molecule has 1 aliphatic heterocycles. The van der Waals surface area contributed by atoms with E-state index in [9.17, 15) is 8.42 Å². The highest BCUT2D eigenvalue weighted by molar-refractivity contribution is 7.90. The Kier molecular flexibility index (Phi) is 3.52. The molecule has 2 unspecified atom stereocenters. The van der Waals surface area contributed by atoms with Gasteiger partial charge < -0.3 is 0 Å². The van der Waals surface area contributed by atoms with E-state index >= 15 is 0 Å². The molecular formula is C14H21NO2S. The van der Waals surface area contributed by atoms with Crippen LogP contribution in [0.5, 0.6) is 0 Å². The molecule has 0 aliphatic carbocycles. The van der Waals surface area contributed by atoms with E-state index in [-0.39, 0.29) is 6.04 Å². The van der Waals surface area contributed by atoms with E-state index in [1.54, 1.807) is 25.1 Å². The van der Waals surface area contributed by atoms with Crippen LogP contribution in [0.15, 0.2) is 30.3 Å². The first-order valence-electron chi connectivity index (χ1n) is 6.38. The minimum absolute atomic E-state index is 0.203.